The van der Waals surface area contributed by atoms with Crippen LogP contribution < -0.4 is 0 Å². The van der Waals surface area contributed by atoms with Gasteiger partial charge in [-0.1, -0.05) is 13.2 Å². The minimum atomic E-state index is -2.48. The molecule has 0 aromatic rings. The van der Waals surface area contributed by atoms with E-state index in [1.807, 2.05) is 12.2 Å². The number of unbranched alkanes of at least 4 members (excludes halogenated alkanes) is 1. The summed E-state index contributed by atoms with van der Waals surface area (Å²) in [6.07, 6.45) is 5.62. The molecule has 0 spiro atoms. The molecule has 0 saturated carbocycles. The average molecular weight is 350 g/mol. The van der Waals surface area contributed by atoms with Crippen molar-refractivity contribution in [3.05, 3.63) is 25.3 Å². The van der Waals surface area contributed by atoms with Crippen LogP contribution in [0.3, 0.4) is 0 Å². The quantitative estimate of drug-likeness (QED) is 0.135. The van der Waals surface area contributed by atoms with Crippen molar-refractivity contribution in [1.82, 2.24) is 0 Å². The first-order valence-electron chi connectivity index (χ1n) is 6.90. The van der Waals surface area contributed by atoms with Gasteiger partial charge in [0.1, 0.15) is 13.1 Å². The Morgan fingerprint density at radius 1 is 1.10 bits per heavy atom. The molecular formula is C14H27NO3S2Si. The Hall–Kier alpha value is -0.153. The van der Waals surface area contributed by atoms with Crippen LogP contribution in [0, 0.1) is 0 Å². The molecule has 0 saturated heterocycles. The molecule has 0 atom stereocenters. The van der Waals surface area contributed by atoms with E-state index in [2.05, 4.69) is 13.2 Å². The van der Waals surface area contributed by atoms with Gasteiger partial charge in [0.15, 0.2) is 0 Å². The van der Waals surface area contributed by atoms with Crippen LogP contribution in [-0.2, 0) is 25.9 Å². The molecular weight excluding hydrogens is 322 g/mol. The summed E-state index contributed by atoms with van der Waals surface area (Å²) in [5.41, 5.74) is 0. The Balaban J connectivity index is 4.60. The van der Waals surface area contributed by atoms with Gasteiger partial charge >= 0.3 is 8.80 Å². The molecule has 0 aliphatic rings. The van der Waals surface area contributed by atoms with E-state index >= 15 is 0 Å². The Kier molecular flexibility index (Phi) is 10.5. The van der Waals surface area contributed by atoms with Gasteiger partial charge in [0.25, 0.3) is 0 Å². The number of hydrogen-bond acceptors (Lipinski definition) is 5. The highest BCUT2D eigenvalue weighted by molar-refractivity contribution is 7.99. The predicted octanol–water partition coefficient (Wildman–Crippen LogP) is 2.67. The molecule has 0 amide bonds. The zero-order valence-corrected chi connectivity index (χ0v) is 15.9. The first-order valence-corrected chi connectivity index (χ1v) is 9.65. The normalized spacial score (nSPS) is 12.1. The van der Waals surface area contributed by atoms with Gasteiger partial charge in [-0.05, 0) is 25.0 Å². The molecule has 0 aromatic carbocycles. The van der Waals surface area contributed by atoms with Gasteiger partial charge in [-0.25, -0.2) is 0 Å². The number of rotatable bonds is 12. The summed E-state index contributed by atoms with van der Waals surface area (Å²) < 4.78 is 17.4. The van der Waals surface area contributed by atoms with Gasteiger partial charge in [0.2, 0.25) is 0 Å². The van der Waals surface area contributed by atoms with E-state index < -0.39 is 8.80 Å². The van der Waals surface area contributed by atoms with Crippen molar-refractivity contribution in [2.75, 3.05) is 41.0 Å². The monoisotopic (exact) mass is 349 g/mol. The highest BCUT2D eigenvalue weighted by Crippen LogP contribution is 2.19. The molecule has 0 heterocycles. The van der Waals surface area contributed by atoms with Crippen LogP contribution in [0.5, 0.6) is 0 Å². The van der Waals surface area contributed by atoms with Gasteiger partial charge in [-0.2, -0.15) is 0 Å². The van der Waals surface area contributed by atoms with Crippen LogP contribution in [0.15, 0.2) is 25.3 Å². The molecule has 122 valence electrons. The zero-order valence-electron chi connectivity index (χ0n) is 13.3. The summed E-state index contributed by atoms with van der Waals surface area (Å²) in [4.78, 5) is 0. The molecule has 0 aliphatic carbocycles. The van der Waals surface area contributed by atoms with Gasteiger partial charge in [-0.15, -0.1) is 0 Å². The lowest BCUT2D eigenvalue weighted by Gasteiger charge is -2.39. The highest BCUT2D eigenvalue weighted by atomic mass is 32.1. The minimum Gasteiger partial charge on any atom is -0.377 e. The van der Waals surface area contributed by atoms with E-state index in [1.165, 1.54) is 0 Å². The van der Waals surface area contributed by atoms with E-state index in [4.69, 9.17) is 38.1 Å². The molecule has 0 aromatic heterocycles. The number of quaternary nitrogens is 1. The molecule has 0 aliphatic heterocycles. The summed E-state index contributed by atoms with van der Waals surface area (Å²) >= 11 is 10.6. The van der Waals surface area contributed by atoms with Crippen molar-refractivity contribution >= 4 is 38.0 Å². The van der Waals surface area contributed by atoms with Gasteiger partial charge in [0.05, 0.1) is 6.54 Å². The number of thiocarbonyl (C=S) groups is 1. The summed E-state index contributed by atoms with van der Waals surface area (Å²) in [5.74, 6) is 0. The summed E-state index contributed by atoms with van der Waals surface area (Å²) in [5, 5.41) is 0. The lowest BCUT2D eigenvalue weighted by molar-refractivity contribution is -0.823. The first-order chi connectivity index (χ1) is 9.95. The van der Waals surface area contributed by atoms with Crippen LogP contribution in [-0.4, -0.2) is 58.6 Å². The minimum absolute atomic E-state index is 0.555. The molecule has 0 rings (SSSR count). The maximum atomic E-state index is 5.42. The average Bonchev–Trinajstić information content (AvgIpc) is 2.48. The SMILES string of the molecule is C=CC[N+](CC=C)(CCCC[Si](OC)(OC)OC)C(=S)[S-]. The zero-order chi connectivity index (χ0) is 16.4. The highest BCUT2D eigenvalue weighted by Gasteiger charge is 2.37. The van der Waals surface area contributed by atoms with Crippen LogP contribution in [0.2, 0.25) is 6.04 Å². The summed E-state index contributed by atoms with van der Waals surface area (Å²) in [7, 11) is 2.41. The Morgan fingerprint density at radius 2 is 1.57 bits per heavy atom. The molecule has 4 nitrogen and oxygen atoms in total. The Morgan fingerprint density at radius 3 is 1.90 bits per heavy atom. The maximum absolute atomic E-state index is 5.42. The van der Waals surface area contributed by atoms with E-state index in [9.17, 15) is 0 Å². The Bertz CT molecular complexity index is 331. The fourth-order valence-corrected chi connectivity index (χ4v) is 4.58. The fraction of sp³-hybridized carbons (Fsp3) is 0.643. The third kappa shape index (κ3) is 6.23. The van der Waals surface area contributed by atoms with E-state index in [1.54, 1.807) is 21.3 Å². The topological polar surface area (TPSA) is 27.7 Å². The molecule has 0 radical (unpaired) electrons. The van der Waals surface area contributed by atoms with Crippen molar-refractivity contribution in [3.8, 4) is 0 Å². The first kappa shape index (κ1) is 20.8. The van der Waals surface area contributed by atoms with Crippen molar-refractivity contribution in [3.63, 3.8) is 0 Å². The lowest BCUT2D eigenvalue weighted by atomic mass is 10.2. The standard InChI is InChI=1S/C14H27NO3S2Si/c1-6-10-15(11-7-2,14(19)20)12-8-9-13-21(16-3,17-4)18-5/h6-7H,1-2,8-13H2,3-5H3. The molecule has 0 fully saturated rings. The number of hydrogen-bond donors (Lipinski definition) is 0. The van der Waals surface area contributed by atoms with Gasteiger partial charge in [0, 0.05) is 31.7 Å². The molecule has 7 heteroatoms. The van der Waals surface area contributed by atoms with Crippen LogP contribution >= 0.6 is 12.2 Å². The summed E-state index contributed by atoms with van der Waals surface area (Å²) in [6, 6.07) is 0.781. The van der Waals surface area contributed by atoms with Crippen molar-refractivity contribution in [1.29, 1.82) is 0 Å². The van der Waals surface area contributed by atoms with Crippen molar-refractivity contribution in [2.24, 2.45) is 0 Å². The van der Waals surface area contributed by atoms with Crippen molar-refractivity contribution in [2.45, 2.75) is 18.9 Å². The van der Waals surface area contributed by atoms with E-state index in [-0.39, 0.29) is 0 Å². The third-order valence-electron chi connectivity index (χ3n) is 3.60. The predicted molar refractivity (Wildman–Crippen MR) is 96.0 cm³/mol. The third-order valence-corrected chi connectivity index (χ3v) is 7.20. The van der Waals surface area contributed by atoms with Crippen LogP contribution in [0.4, 0.5) is 0 Å². The molecule has 0 N–H and O–H groups in total. The van der Waals surface area contributed by atoms with Crippen molar-refractivity contribution < 1.29 is 17.8 Å². The molecule has 0 bridgehead atoms. The fourth-order valence-electron chi connectivity index (χ4n) is 2.30. The Labute approximate surface area is 141 Å². The van der Waals surface area contributed by atoms with E-state index in [0.717, 1.165) is 38.5 Å². The second kappa shape index (κ2) is 10.6. The second-order valence-electron chi connectivity index (χ2n) is 4.83. The van der Waals surface area contributed by atoms with Crippen LogP contribution in [0.1, 0.15) is 12.8 Å². The molecule has 21 heavy (non-hydrogen) atoms. The summed E-state index contributed by atoms with van der Waals surface area (Å²) in [6.45, 7) is 9.94. The number of nitrogens with zero attached hydrogens (tertiary/aromatic N) is 1. The lowest BCUT2D eigenvalue weighted by Crippen LogP contribution is -2.52. The van der Waals surface area contributed by atoms with Crippen LogP contribution in [0.25, 0.3) is 0 Å². The maximum Gasteiger partial charge on any atom is 0.500 e. The second-order valence-corrected chi connectivity index (χ2v) is 8.95. The smallest absolute Gasteiger partial charge is 0.377 e. The van der Waals surface area contributed by atoms with E-state index in [0.29, 0.717) is 8.80 Å². The largest absolute Gasteiger partial charge is 0.500 e. The van der Waals surface area contributed by atoms with Gasteiger partial charge < -0.3 is 42.6 Å². The van der Waals surface area contributed by atoms with Gasteiger partial charge in [-0.3, -0.25) is 0 Å². The molecule has 0 unspecified atom stereocenters.